The van der Waals surface area contributed by atoms with Gasteiger partial charge in [-0.25, -0.2) is 0 Å². The Labute approximate surface area is 107 Å². The fourth-order valence-corrected chi connectivity index (χ4v) is 2.13. The van der Waals surface area contributed by atoms with Crippen molar-refractivity contribution in [1.82, 2.24) is 0 Å². The van der Waals surface area contributed by atoms with Crippen LogP contribution in [0.1, 0.15) is 37.0 Å². The normalized spacial score (nSPS) is 19.9. The number of aliphatic hydroxyl groups is 1. The number of aryl methyl sites for hydroxylation is 1. The van der Waals surface area contributed by atoms with Crippen LogP contribution in [0.4, 0.5) is 0 Å². The predicted molar refractivity (Wildman–Crippen MR) is 69.4 cm³/mol. The van der Waals surface area contributed by atoms with Gasteiger partial charge < -0.3 is 9.84 Å². The molecule has 0 amide bonds. The van der Waals surface area contributed by atoms with Crippen molar-refractivity contribution in [2.75, 3.05) is 6.61 Å². The molecule has 1 N–H and O–H groups in total. The first-order valence-electron chi connectivity index (χ1n) is 5.90. The molecule has 0 saturated carbocycles. The van der Waals surface area contributed by atoms with Crippen molar-refractivity contribution in [3.8, 4) is 5.75 Å². The monoisotopic (exact) mass is 252 g/mol. The first-order valence-corrected chi connectivity index (χ1v) is 6.34. The molecule has 0 heterocycles. The maximum absolute atomic E-state index is 9.92. The zero-order valence-electron chi connectivity index (χ0n) is 9.95. The van der Waals surface area contributed by atoms with Crippen molar-refractivity contribution in [2.24, 2.45) is 0 Å². The summed E-state index contributed by atoms with van der Waals surface area (Å²) in [6.45, 7) is 2.40. The van der Waals surface area contributed by atoms with Crippen molar-refractivity contribution in [1.29, 1.82) is 0 Å². The maximum atomic E-state index is 9.92. The second-order valence-corrected chi connectivity index (χ2v) is 4.73. The number of aliphatic hydroxyl groups excluding tert-OH is 1. The lowest BCUT2D eigenvalue weighted by Crippen LogP contribution is -2.09. The zero-order chi connectivity index (χ0) is 12.3. The topological polar surface area (TPSA) is 29.5 Å². The van der Waals surface area contributed by atoms with Crippen LogP contribution in [0, 0.1) is 0 Å². The Morgan fingerprint density at radius 1 is 1.59 bits per heavy atom. The van der Waals surface area contributed by atoms with Crippen molar-refractivity contribution in [3.63, 3.8) is 0 Å². The molecule has 0 radical (unpaired) electrons. The number of benzene rings is 1. The van der Waals surface area contributed by atoms with Crippen molar-refractivity contribution >= 4 is 11.6 Å². The van der Waals surface area contributed by atoms with Gasteiger partial charge in [0.05, 0.1) is 6.10 Å². The molecule has 2 rings (SSSR count). The largest absolute Gasteiger partial charge is 0.489 e. The van der Waals surface area contributed by atoms with Gasteiger partial charge in [0.25, 0.3) is 0 Å². The summed E-state index contributed by atoms with van der Waals surface area (Å²) < 4.78 is 5.61. The van der Waals surface area contributed by atoms with Crippen LogP contribution in [0.15, 0.2) is 29.3 Å². The molecule has 0 aromatic heterocycles. The summed E-state index contributed by atoms with van der Waals surface area (Å²) in [5, 5.41) is 9.92. The molecule has 2 nitrogen and oxygen atoms in total. The molecule has 1 unspecified atom stereocenters. The molecule has 17 heavy (non-hydrogen) atoms. The highest BCUT2D eigenvalue weighted by Gasteiger charge is 2.18. The Balaban J connectivity index is 2.12. The van der Waals surface area contributed by atoms with Gasteiger partial charge in [-0.05, 0) is 55.0 Å². The molecule has 3 heteroatoms. The summed E-state index contributed by atoms with van der Waals surface area (Å²) >= 11 is 5.57. The number of fused-ring (bicyclic) bond motifs is 1. The Morgan fingerprint density at radius 3 is 3.18 bits per heavy atom. The van der Waals surface area contributed by atoms with Crippen molar-refractivity contribution in [2.45, 2.75) is 32.3 Å². The van der Waals surface area contributed by atoms with Gasteiger partial charge in [0, 0.05) is 5.54 Å². The summed E-state index contributed by atoms with van der Waals surface area (Å²) in [6, 6.07) is 5.95. The van der Waals surface area contributed by atoms with Crippen LogP contribution in [0.3, 0.4) is 0 Å². The average Bonchev–Trinajstić information content (AvgIpc) is 2.36. The molecule has 1 atom stereocenters. The second-order valence-electron chi connectivity index (χ2n) is 4.51. The maximum Gasteiger partial charge on any atom is 0.120 e. The fraction of sp³-hybridized carbons (Fsp3) is 0.429. The van der Waals surface area contributed by atoms with Crippen LogP contribution in [-0.4, -0.2) is 11.7 Å². The van der Waals surface area contributed by atoms with E-state index in [1.54, 1.807) is 0 Å². The average molecular weight is 253 g/mol. The van der Waals surface area contributed by atoms with Gasteiger partial charge in [-0.2, -0.15) is 0 Å². The van der Waals surface area contributed by atoms with Gasteiger partial charge in [0.2, 0.25) is 0 Å². The number of hydrogen-bond donors (Lipinski definition) is 1. The molecule has 0 bridgehead atoms. The van der Waals surface area contributed by atoms with E-state index in [9.17, 15) is 5.11 Å². The highest BCUT2D eigenvalue weighted by molar-refractivity contribution is 6.25. The number of hydrogen-bond acceptors (Lipinski definition) is 2. The molecule has 1 aromatic rings. The smallest absolute Gasteiger partial charge is 0.120 e. The third-order valence-corrected chi connectivity index (χ3v) is 3.43. The third kappa shape index (κ3) is 3.02. The molecule has 0 fully saturated rings. The molecule has 0 spiro atoms. The summed E-state index contributed by atoms with van der Waals surface area (Å²) in [6.07, 6.45) is 2.61. The first-order chi connectivity index (χ1) is 8.20. The molecule has 0 saturated heterocycles. The van der Waals surface area contributed by atoms with Crippen LogP contribution in [0.5, 0.6) is 5.75 Å². The summed E-state index contributed by atoms with van der Waals surface area (Å²) in [5.74, 6) is 0.794. The lowest BCUT2D eigenvalue weighted by atomic mass is 9.89. The van der Waals surface area contributed by atoms with Crippen LogP contribution < -0.4 is 4.74 Å². The van der Waals surface area contributed by atoms with Crippen LogP contribution >= 0.6 is 11.6 Å². The quantitative estimate of drug-likeness (QED) is 0.891. The SMILES string of the molecule is C/C(=C/Cl)COc1ccc2c(c1)C(O)CCC2. The molecule has 1 aromatic carbocycles. The molecule has 0 aliphatic heterocycles. The van der Waals surface area contributed by atoms with Gasteiger partial charge in [0.1, 0.15) is 12.4 Å². The summed E-state index contributed by atoms with van der Waals surface area (Å²) in [7, 11) is 0. The standard InChI is InChI=1S/C14H17ClO2/c1-10(8-15)9-17-12-6-5-11-3-2-4-14(16)13(11)7-12/h5-8,14,16H,2-4,9H2,1H3/b10-8-. The molecular weight excluding hydrogens is 236 g/mol. The van der Waals surface area contributed by atoms with Crippen LogP contribution in [0.2, 0.25) is 0 Å². The Bertz CT molecular complexity index is 426. The Morgan fingerprint density at radius 2 is 2.41 bits per heavy atom. The van der Waals surface area contributed by atoms with E-state index in [2.05, 4.69) is 0 Å². The van der Waals surface area contributed by atoms with Gasteiger partial charge >= 0.3 is 0 Å². The second kappa shape index (κ2) is 5.56. The lowest BCUT2D eigenvalue weighted by molar-refractivity contribution is 0.156. The van der Waals surface area contributed by atoms with E-state index in [4.69, 9.17) is 16.3 Å². The summed E-state index contributed by atoms with van der Waals surface area (Å²) in [4.78, 5) is 0. The lowest BCUT2D eigenvalue weighted by Gasteiger charge is -2.22. The fourth-order valence-electron chi connectivity index (χ4n) is 2.07. The van der Waals surface area contributed by atoms with Gasteiger partial charge in [-0.15, -0.1) is 0 Å². The molecular formula is C14H17ClO2. The zero-order valence-corrected chi connectivity index (χ0v) is 10.7. The number of rotatable bonds is 3. The third-order valence-electron chi connectivity index (χ3n) is 3.05. The molecule has 92 valence electrons. The van der Waals surface area contributed by atoms with E-state index in [0.717, 1.165) is 36.1 Å². The van der Waals surface area contributed by atoms with Gasteiger partial charge in [0.15, 0.2) is 0 Å². The van der Waals surface area contributed by atoms with Gasteiger partial charge in [-0.3, -0.25) is 0 Å². The van der Waals surface area contributed by atoms with Crippen molar-refractivity contribution in [3.05, 3.63) is 40.4 Å². The van der Waals surface area contributed by atoms with E-state index in [1.807, 2.05) is 25.1 Å². The Hall–Kier alpha value is -0.990. The van der Waals surface area contributed by atoms with E-state index in [-0.39, 0.29) is 6.10 Å². The number of ether oxygens (including phenoxy) is 1. The molecule has 1 aliphatic carbocycles. The van der Waals surface area contributed by atoms with Gasteiger partial charge in [-0.1, -0.05) is 17.7 Å². The van der Waals surface area contributed by atoms with Crippen LogP contribution in [-0.2, 0) is 6.42 Å². The number of halogens is 1. The minimum Gasteiger partial charge on any atom is -0.489 e. The highest BCUT2D eigenvalue weighted by atomic mass is 35.5. The summed E-state index contributed by atoms with van der Waals surface area (Å²) in [5.41, 5.74) is 4.75. The van der Waals surface area contributed by atoms with E-state index in [1.165, 1.54) is 11.1 Å². The molecule has 1 aliphatic rings. The minimum absolute atomic E-state index is 0.341. The van der Waals surface area contributed by atoms with Crippen molar-refractivity contribution < 1.29 is 9.84 Å². The van der Waals surface area contributed by atoms with E-state index in [0.29, 0.717) is 6.61 Å². The first kappa shape index (κ1) is 12.5. The minimum atomic E-state index is -0.341. The Kier molecular flexibility index (Phi) is 4.08. The van der Waals surface area contributed by atoms with Crippen LogP contribution in [0.25, 0.3) is 0 Å². The van der Waals surface area contributed by atoms with E-state index < -0.39 is 0 Å². The predicted octanol–water partition coefficient (Wildman–Crippen LogP) is 3.58. The van der Waals surface area contributed by atoms with E-state index >= 15 is 0 Å². The highest BCUT2D eigenvalue weighted by Crippen LogP contribution is 2.32.